The van der Waals surface area contributed by atoms with Gasteiger partial charge in [0.25, 0.3) is 0 Å². The maximum atomic E-state index is 5.72. The van der Waals surface area contributed by atoms with Crippen LogP contribution in [0.4, 0.5) is 17.1 Å². The molecule has 3 heterocycles. The van der Waals surface area contributed by atoms with Gasteiger partial charge in [0.2, 0.25) is 0 Å². The number of rotatable bonds is 8. The predicted octanol–water partition coefficient (Wildman–Crippen LogP) is 4.98. The van der Waals surface area contributed by atoms with Crippen molar-refractivity contribution >= 4 is 28.0 Å². The lowest BCUT2D eigenvalue weighted by molar-refractivity contribution is 0.146. The number of hydrogen-bond acceptors (Lipinski definition) is 7. The van der Waals surface area contributed by atoms with Gasteiger partial charge in [-0.25, -0.2) is 0 Å². The van der Waals surface area contributed by atoms with E-state index in [-0.39, 0.29) is 11.0 Å². The Labute approximate surface area is 207 Å². The van der Waals surface area contributed by atoms with Gasteiger partial charge in [0.15, 0.2) is 0 Å². The van der Waals surface area contributed by atoms with Crippen LogP contribution in [0.5, 0.6) is 11.5 Å². The molecule has 0 spiro atoms. The monoisotopic (exact) mass is 476 g/mol. The van der Waals surface area contributed by atoms with E-state index in [1.54, 1.807) is 14.2 Å². The molecule has 0 saturated carbocycles. The number of aromatic nitrogens is 1. The Morgan fingerprint density at radius 3 is 2.69 bits per heavy atom. The minimum atomic E-state index is 0.166. The zero-order chi connectivity index (χ0) is 24.6. The van der Waals surface area contributed by atoms with Crippen molar-refractivity contribution in [1.82, 2.24) is 10.3 Å². The van der Waals surface area contributed by atoms with Crippen LogP contribution < -0.4 is 25.0 Å². The van der Waals surface area contributed by atoms with E-state index >= 15 is 0 Å². The van der Waals surface area contributed by atoms with E-state index in [1.165, 1.54) is 12.1 Å². The molecule has 2 unspecified atom stereocenters. The average molecular weight is 477 g/mol. The highest BCUT2D eigenvalue weighted by molar-refractivity contribution is 5.95. The molecule has 7 nitrogen and oxygen atoms in total. The second kappa shape index (κ2) is 9.21. The highest BCUT2D eigenvalue weighted by Crippen LogP contribution is 2.46. The largest absolute Gasteiger partial charge is 0.494 e. The van der Waals surface area contributed by atoms with Gasteiger partial charge in [-0.05, 0) is 48.2 Å². The molecule has 0 radical (unpaired) electrons. The number of anilines is 3. The number of methoxy groups -OCH3 is 2. The van der Waals surface area contributed by atoms with Crippen LogP contribution in [0.3, 0.4) is 0 Å². The molecule has 186 valence electrons. The molecule has 3 aromatic rings. The number of piperazine rings is 1. The summed E-state index contributed by atoms with van der Waals surface area (Å²) in [5.41, 5.74) is 4.47. The van der Waals surface area contributed by atoms with Gasteiger partial charge in [0, 0.05) is 60.8 Å². The van der Waals surface area contributed by atoms with Gasteiger partial charge in [0.05, 0.1) is 24.9 Å². The van der Waals surface area contributed by atoms with E-state index in [2.05, 4.69) is 54.5 Å². The number of nitrogens with zero attached hydrogens (tertiary/aromatic N) is 2. The van der Waals surface area contributed by atoms with Crippen molar-refractivity contribution in [3.05, 3.63) is 48.7 Å². The fourth-order valence-electron chi connectivity index (χ4n) is 5.41. The summed E-state index contributed by atoms with van der Waals surface area (Å²) >= 11 is 0. The molecule has 35 heavy (non-hydrogen) atoms. The van der Waals surface area contributed by atoms with Gasteiger partial charge in [-0.1, -0.05) is 20.8 Å². The number of nitrogens with one attached hydrogen (secondary N) is 2. The molecule has 2 aliphatic rings. The minimum absolute atomic E-state index is 0.166. The van der Waals surface area contributed by atoms with Gasteiger partial charge >= 0.3 is 0 Å². The van der Waals surface area contributed by atoms with Crippen molar-refractivity contribution in [3.8, 4) is 11.5 Å². The Morgan fingerprint density at radius 2 is 1.94 bits per heavy atom. The lowest BCUT2D eigenvalue weighted by Crippen LogP contribution is -2.58. The van der Waals surface area contributed by atoms with Crippen molar-refractivity contribution in [3.63, 3.8) is 0 Å². The second-order valence-corrected chi connectivity index (χ2v) is 10.6. The second-order valence-electron chi connectivity index (χ2n) is 10.6. The topological polar surface area (TPSA) is 67.9 Å². The third-order valence-corrected chi connectivity index (χ3v) is 7.63. The third-order valence-electron chi connectivity index (χ3n) is 7.63. The fourth-order valence-corrected chi connectivity index (χ4v) is 5.41. The SMILES string of the molecule is COCCOc1ccc(Nc2ccnc3cc(N4CC5(C(C)(C)C)CC4CN5)ccc23)c(OC)c1. The lowest BCUT2D eigenvalue weighted by Gasteiger charge is -2.43. The molecular formula is C28H36N4O3. The summed E-state index contributed by atoms with van der Waals surface area (Å²) in [6.07, 6.45) is 3.05. The molecule has 7 heteroatoms. The van der Waals surface area contributed by atoms with Crippen molar-refractivity contribution in [2.24, 2.45) is 5.41 Å². The number of pyridine rings is 1. The van der Waals surface area contributed by atoms with Crippen LogP contribution in [0, 0.1) is 5.41 Å². The Hall–Kier alpha value is -3.03. The van der Waals surface area contributed by atoms with Crippen molar-refractivity contribution in [2.45, 2.75) is 38.8 Å². The molecule has 2 bridgehead atoms. The number of ether oxygens (including phenoxy) is 3. The first-order valence-electron chi connectivity index (χ1n) is 12.3. The molecule has 2 aliphatic heterocycles. The van der Waals surface area contributed by atoms with Crippen molar-refractivity contribution in [2.75, 3.05) is 50.7 Å². The number of benzene rings is 2. The molecule has 1 aromatic heterocycles. The Balaban J connectivity index is 1.39. The minimum Gasteiger partial charge on any atom is -0.494 e. The van der Waals surface area contributed by atoms with Crippen LogP contribution in [-0.4, -0.2) is 57.1 Å². The summed E-state index contributed by atoms with van der Waals surface area (Å²) in [6, 6.07) is 15.0. The summed E-state index contributed by atoms with van der Waals surface area (Å²) in [5.74, 6) is 1.46. The maximum Gasteiger partial charge on any atom is 0.145 e. The molecule has 5 rings (SSSR count). The first-order chi connectivity index (χ1) is 16.8. The predicted molar refractivity (Wildman–Crippen MR) is 141 cm³/mol. The Kier molecular flexibility index (Phi) is 6.23. The highest BCUT2D eigenvalue weighted by Gasteiger charge is 2.55. The molecule has 2 saturated heterocycles. The van der Waals surface area contributed by atoms with Gasteiger partial charge < -0.3 is 29.7 Å². The highest BCUT2D eigenvalue weighted by atomic mass is 16.5. The summed E-state index contributed by atoms with van der Waals surface area (Å²) in [5, 5.41) is 8.43. The first kappa shape index (κ1) is 23.7. The standard InChI is InChI=1S/C28H36N4O3/c1-27(2,3)28-16-20(17-30-28)32(18-28)19-6-8-22-23(10-11-29-25(22)14-19)31-24-9-7-21(15-26(24)34-5)35-13-12-33-4/h6-11,14-15,20,30H,12-13,16-18H2,1-5H3,(H,29,31). The zero-order valence-corrected chi connectivity index (χ0v) is 21.4. The van der Waals surface area contributed by atoms with Gasteiger partial charge in [-0.15, -0.1) is 0 Å². The van der Waals surface area contributed by atoms with E-state index in [9.17, 15) is 0 Å². The first-order valence-corrected chi connectivity index (χ1v) is 12.3. The van der Waals surface area contributed by atoms with E-state index in [0.29, 0.717) is 19.3 Å². The molecule has 2 aromatic carbocycles. The number of hydrogen-bond donors (Lipinski definition) is 2. The van der Waals surface area contributed by atoms with Gasteiger partial charge in [-0.2, -0.15) is 0 Å². The lowest BCUT2D eigenvalue weighted by atomic mass is 9.74. The Morgan fingerprint density at radius 1 is 1.09 bits per heavy atom. The summed E-state index contributed by atoms with van der Waals surface area (Å²) < 4.78 is 16.4. The van der Waals surface area contributed by atoms with Crippen molar-refractivity contribution in [1.29, 1.82) is 0 Å². The van der Waals surface area contributed by atoms with Gasteiger partial charge in [-0.3, -0.25) is 4.98 Å². The third kappa shape index (κ3) is 4.39. The van der Waals surface area contributed by atoms with E-state index < -0.39 is 0 Å². The van der Waals surface area contributed by atoms with Crippen LogP contribution >= 0.6 is 0 Å². The van der Waals surface area contributed by atoms with E-state index in [4.69, 9.17) is 19.2 Å². The molecule has 2 fully saturated rings. The van der Waals surface area contributed by atoms with Crippen LogP contribution in [0.1, 0.15) is 27.2 Å². The quantitative estimate of drug-likeness (QED) is 0.445. The fraction of sp³-hybridized carbons (Fsp3) is 0.464. The maximum absolute atomic E-state index is 5.72. The average Bonchev–Trinajstić information content (AvgIpc) is 3.46. The smallest absolute Gasteiger partial charge is 0.145 e. The van der Waals surface area contributed by atoms with Crippen LogP contribution in [0.15, 0.2) is 48.7 Å². The summed E-state index contributed by atoms with van der Waals surface area (Å²) in [6.45, 7) is 10.1. The summed E-state index contributed by atoms with van der Waals surface area (Å²) in [4.78, 5) is 7.26. The number of fused-ring (bicyclic) bond motifs is 3. The van der Waals surface area contributed by atoms with Crippen LogP contribution in [0.25, 0.3) is 10.9 Å². The van der Waals surface area contributed by atoms with Crippen LogP contribution in [0.2, 0.25) is 0 Å². The van der Waals surface area contributed by atoms with E-state index in [1.807, 2.05) is 30.5 Å². The zero-order valence-electron chi connectivity index (χ0n) is 21.4. The van der Waals surface area contributed by atoms with Gasteiger partial charge in [0.1, 0.15) is 18.1 Å². The molecule has 0 amide bonds. The van der Waals surface area contributed by atoms with Crippen molar-refractivity contribution < 1.29 is 14.2 Å². The summed E-state index contributed by atoms with van der Waals surface area (Å²) in [7, 11) is 3.33. The molecule has 2 N–H and O–H groups in total. The van der Waals surface area contributed by atoms with Crippen LogP contribution in [-0.2, 0) is 4.74 Å². The molecule has 0 aliphatic carbocycles. The Bertz CT molecular complexity index is 1210. The molecule has 2 atom stereocenters. The van der Waals surface area contributed by atoms with E-state index in [0.717, 1.165) is 46.9 Å². The molecular weight excluding hydrogens is 440 g/mol. The normalized spacial score (nSPS) is 21.5.